The van der Waals surface area contributed by atoms with Gasteiger partial charge in [0.05, 0.1) is 18.1 Å². The average Bonchev–Trinajstić information content (AvgIpc) is 3.83. The number of hydrogen-bond donors (Lipinski definition) is 0. The van der Waals surface area contributed by atoms with E-state index in [2.05, 4.69) is 196 Å². The van der Waals surface area contributed by atoms with E-state index >= 15 is 0 Å². The van der Waals surface area contributed by atoms with Crippen molar-refractivity contribution in [3.05, 3.63) is 227 Å². The molecule has 5 atom stereocenters. The van der Waals surface area contributed by atoms with Crippen LogP contribution in [0.2, 0.25) is 0 Å². The van der Waals surface area contributed by atoms with Gasteiger partial charge in [-0.3, -0.25) is 0 Å². The molecule has 0 saturated heterocycles. The molecular formula is C55H50N4. The third-order valence-corrected chi connectivity index (χ3v) is 14.2. The Bertz CT molecular complexity index is 2630. The normalized spacial score (nSPS) is 26.9. The fraction of sp³-hybridized carbons (Fsp3) is 0.236. The highest BCUT2D eigenvalue weighted by Gasteiger charge is 2.41. The van der Waals surface area contributed by atoms with Gasteiger partial charge in [0.2, 0.25) is 0 Å². The Hall–Kier alpha value is -6.26. The number of fused-ring (bicyclic) bond motifs is 8. The molecule has 3 aromatic carbocycles. The van der Waals surface area contributed by atoms with E-state index in [4.69, 9.17) is 0 Å². The van der Waals surface area contributed by atoms with Crippen LogP contribution in [-0.2, 0) is 6.54 Å². The van der Waals surface area contributed by atoms with Crippen LogP contribution >= 0.6 is 0 Å². The number of para-hydroxylation sites is 2. The minimum absolute atomic E-state index is 0.294. The highest BCUT2D eigenvalue weighted by Crippen LogP contribution is 2.49. The Kier molecular flexibility index (Phi) is 8.38. The van der Waals surface area contributed by atoms with Crippen molar-refractivity contribution in [1.29, 1.82) is 0 Å². The van der Waals surface area contributed by atoms with Crippen molar-refractivity contribution in [2.24, 2.45) is 5.92 Å². The van der Waals surface area contributed by atoms with Gasteiger partial charge in [0.15, 0.2) is 0 Å². The zero-order chi connectivity index (χ0) is 38.9. The Morgan fingerprint density at radius 1 is 0.559 bits per heavy atom. The largest absolute Gasteiger partial charge is 0.360 e. The zero-order valence-electron chi connectivity index (χ0n) is 33.6. The van der Waals surface area contributed by atoms with Crippen molar-refractivity contribution in [2.45, 2.75) is 75.5 Å². The van der Waals surface area contributed by atoms with Crippen molar-refractivity contribution < 1.29 is 0 Å². The molecular weight excluding hydrogens is 717 g/mol. The second-order valence-corrected chi connectivity index (χ2v) is 17.3. The van der Waals surface area contributed by atoms with E-state index in [1.807, 2.05) is 0 Å². The minimum Gasteiger partial charge on any atom is -0.360 e. The Morgan fingerprint density at radius 2 is 1.24 bits per heavy atom. The molecule has 12 rings (SSSR count). The van der Waals surface area contributed by atoms with Gasteiger partial charge in [-0.15, -0.1) is 0 Å². The summed E-state index contributed by atoms with van der Waals surface area (Å²) in [5.74, 6) is 0.854. The van der Waals surface area contributed by atoms with Crippen LogP contribution < -0.4 is 9.80 Å². The van der Waals surface area contributed by atoms with Gasteiger partial charge in [-0.05, 0) is 110 Å². The minimum atomic E-state index is 0.294. The van der Waals surface area contributed by atoms with Crippen molar-refractivity contribution in [3.63, 3.8) is 0 Å². The summed E-state index contributed by atoms with van der Waals surface area (Å²) in [5.41, 5.74) is 18.2. The van der Waals surface area contributed by atoms with E-state index in [9.17, 15) is 0 Å². The molecule has 3 aromatic rings. The van der Waals surface area contributed by atoms with Gasteiger partial charge in [-0.25, -0.2) is 0 Å². The Morgan fingerprint density at radius 3 is 2.00 bits per heavy atom. The summed E-state index contributed by atoms with van der Waals surface area (Å²) >= 11 is 0. The highest BCUT2D eigenvalue weighted by molar-refractivity contribution is 5.84. The predicted octanol–water partition coefficient (Wildman–Crippen LogP) is 12.4. The first-order chi connectivity index (χ1) is 29.3. The van der Waals surface area contributed by atoms with Crippen LogP contribution in [0, 0.1) is 5.92 Å². The molecule has 3 heterocycles. The first-order valence-corrected chi connectivity index (χ1v) is 22.0. The molecule has 4 heteroatoms. The van der Waals surface area contributed by atoms with Gasteiger partial charge >= 0.3 is 0 Å². The van der Waals surface area contributed by atoms with Crippen LogP contribution in [0.1, 0.15) is 62.0 Å². The van der Waals surface area contributed by atoms with E-state index < -0.39 is 0 Å². The van der Waals surface area contributed by atoms with Crippen LogP contribution in [0.5, 0.6) is 0 Å². The zero-order valence-corrected chi connectivity index (χ0v) is 33.6. The number of hydrogen-bond acceptors (Lipinski definition) is 4. The molecule has 6 aliphatic carbocycles. The lowest BCUT2D eigenvalue weighted by Crippen LogP contribution is -2.37. The first kappa shape index (κ1) is 34.8. The van der Waals surface area contributed by atoms with Gasteiger partial charge in [-0.1, -0.05) is 134 Å². The molecule has 0 aromatic heterocycles. The van der Waals surface area contributed by atoms with Crippen molar-refractivity contribution in [2.75, 3.05) is 9.80 Å². The summed E-state index contributed by atoms with van der Waals surface area (Å²) in [6.07, 6.45) is 47.8. The number of nitrogens with zero attached hydrogens (tertiary/aromatic N) is 4. The fourth-order valence-electron chi connectivity index (χ4n) is 11.5. The first-order valence-electron chi connectivity index (χ1n) is 22.0. The lowest BCUT2D eigenvalue weighted by Gasteiger charge is -2.41. The molecule has 4 nitrogen and oxygen atoms in total. The second kappa shape index (κ2) is 14.2. The molecule has 3 aliphatic heterocycles. The van der Waals surface area contributed by atoms with Crippen molar-refractivity contribution in [3.8, 4) is 11.1 Å². The van der Waals surface area contributed by atoms with Crippen LogP contribution in [-0.4, -0.2) is 27.9 Å². The monoisotopic (exact) mass is 766 g/mol. The maximum absolute atomic E-state index is 2.70. The molecule has 59 heavy (non-hydrogen) atoms. The highest BCUT2D eigenvalue weighted by atomic mass is 15.2. The van der Waals surface area contributed by atoms with Crippen LogP contribution in [0.15, 0.2) is 216 Å². The van der Waals surface area contributed by atoms with Crippen molar-refractivity contribution in [1.82, 2.24) is 9.80 Å². The van der Waals surface area contributed by atoms with Gasteiger partial charge in [0.1, 0.15) is 0 Å². The molecule has 0 radical (unpaired) electrons. The van der Waals surface area contributed by atoms with Crippen LogP contribution in [0.3, 0.4) is 0 Å². The van der Waals surface area contributed by atoms with Crippen LogP contribution in [0.25, 0.3) is 11.1 Å². The van der Waals surface area contributed by atoms with Gasteiger partial charge < -0.3 is 19.6 Å². The molecule has 0 N–H and O–H groups in total. The molecule has 0 spiro atoms. The van der Waals surface area contributed by atoms with Gasteiger partial charge in [0, 0.05) is 69.5 Å². The standard InChI is InChI=1S/C55H50N4/c1-2-14-45-38(13-1)37-56(51-20-8-3-15-46(45)51)39-25-27-40(28-26-39)57(41-29-33-43(34-30-41)58-52-21-9-4-16-47(52)48-17-5-10-22-53(48)58)42-31-35-44(36-32-42)59-54-23-11-6-18-49(54)50-19-7-12-24-55(50)59/h1-11,13-23,25,27-29,31,33,35,39,47,49,52,54H,12,24,26,30,32,34,36-37H2. The summed E-state index contributed by atoms with van der Waals surface area (Å²) in [7, 11) is 0. The Labute approximate surface area is 349 Å². The predicted molar refractivity (Wildman–Crippen MR) is 243 cm³/mol. The van der Waals surface area contributed by atoms with Crippen molar-refractivity contribution >= 4 is 11.4 Å². The molecule has 0 fully saturated rings. The molecule has 0 bridgehead atoms. The summed E-state index contributed by atoms with van der Waals surface area (Å²) < 4.78 is 0. The molecule has 0 saturated carbocycles. The third-order valence-electron chi connectivity index (χ3n) is 14.2. The van der Waals surface area contributed by atoms with E-state index in [0.717, 1.165) is 51.5 Å². The maximum atomic E-state index is 2.70. The number of rotatable bonds is 6. The summed E-state index contributed by atoms with van der Waals surface area (Å²) in [5, 5.41) is 0. The maximum Gasteiger partial charge on any atom is 0.0626 e. The van der Waals surface area contributed by atoms with Gasteiger partial charge in [0.25, 0.3) is 0 Å². The van der Waals surface area contributed by atoms with E-state index in [-0.39, 0.29) is 0 Å². The quantitative estimate of drug-likeness (QED) is 0.248. The number of allylic oxidation sites excluding steroid dienone is 16. The Balaban J connectivity index is 0.886. The second-order valence-electron chi connectivity index (χ2n) is 17.3. The lowest BCUT2D eigenvalue weighted by atomic mass is 9.88. The molecule has 9 aliphatic rings. The SMILES string of the molecule is C1=CC2C3=C(CCC=C3)N(C3=CC=C(N(C4=CCC(N5Cc6ccccc6-c6ccccc65)C=C4)C4=CC=C(N5c6ccccc6C6C=CC=CC65)CC4)CC3)C2C=C1. The smallest absolute Gasteiger partial charge is 0.0626 e. The third kappa shape index (κ3) is 5.71. The van der Waals surface area contributed by atoms with E-state index in [0.29, 0.717) is 30.0 Å². The lowest BCUT2D eigenvalue weighted by molar-refractivity contribution is 0.338. The van der Waals surface area contributed by atoms with Crippen LogP contribution in [0.4, 0.5) is 11.4 Å². The fourth-order valence-corrected chi connectivity index (χ4v) is 11.5. The molecule has 5 unspecified atom stereocenters. The molecule has 290 valence electrons. The molecule has 0 amide bonds. The van der Waals surface area contributed by atoms with E-state index in [1.54, 1.807) is 0 Å². The summed E-state index contributed by atoms with van der Waals surface area (Å²) in [6, 6.07) is 28.0. The number of anilines is 2. The van der Waals surface area contributed by atoms with E-state index in [1.165, 1.54) is 73.4 Å². The number of benzene rings is 3. The average molecular weight is 767 g/mol. The summed E-state index contributed by atoms with van der Waals surface area (Å²) in [6.45, 7) is 0.927. The summed E-state index contributed by atoms with van der Waals surface area (Å²) in [4.78, 5) is 10.6. The topological polar surface area (TPSA) is 13.0 Å². The van der Waals surface area contributed by atoms with Gasteiger partial charge in [-0.2, -0.15) is 0 Å².